The van der Waals surface area contributed by atoms with Gasteiger partial charge in [-0.05, 0) is 49.3 Å². The van der Waals surface area contributed by atoms with Crippen molar-refractivity contribution < 1.29 is 25.3 Å². The number of nitrogens with one attached hydrogen (secondary N) is 3. The fourth-order valence-corrected chi connectivity index (χ4v) is 1.98. The number of carbonyl (C=O) groups is 2. The minimum Gasteiger partial charge on any atom is -0.465 e. The van der Waals surface area contributed by atoms with Crippen LogP contribution in [0.2, 0.25) is 0 Å². The van der Waals surface area contributed by atoms with Gasteiger partial charge in [0.25, 0.3) is 0 Å². The Bertz CT molecular complexity index is 747. The number of rotatable bonds is 2. The second-order valence-corrected chi connectivity index (χ2v) is 5.51. The fourth-order valence-electron chi connectivity index (χ4n) is 1.98. The molecule has 0 radical (unpaired) electrons. The lowest BCUT2D eigenvalue weighted by molar-refractivity contribution is 0.196. The second-order valence-electron chi connectivity index (χ2n) is 5.51. The third-order valence-electron chi connectivity index (χ3n) is 3.18. The molecule has 1 heterocycles. The van der Waals surface area contributed by atoms with Crippen molar-refractivity contribution in [2.45, 2.75) is 12.8 Å². The van der Waals surface area contributed by atoms with E-state index in [2.05, 4.69) is 16.0 Å². The molecule has 7 N–H and O–H groups in total. The van der Waals surface area contributed by atoms with Crippen LogP contribution in [0.15, 0.2) is 109 Å². The predicted molar refractivity (Wildman–Crippen MR) is 118 cm³/mol. The summed E-state index contributed by atoms with van der Waals surface area (Å²) in [5.74, 6) is 0. The zero-order valence-electron chi connectivity index (χ0n) is 16.4. The van der Waals surface area contributed by atoms with Gasteiger partial charge in [0.1, 0.15) is 0 Å². The molecule has 0 saturated heterocycles. The lowest BCUT2D eigenvalue weighted by Gasteiger charge is -1.97. The number of hydrogen-bond donors (Lipinski definition) is 5. The molecule has 0 saturated carbocycles. The summed E-state index contributed by atoms with van der Waals surface area (Å²) in [7, 11) is 0. The van der Waals surface area contributed by atoms with Crippen LogP contribution in [0.1, 0.15) is 12.8 Å². The van der Waals surface area contributed by atoms with Crippen molar-refractivity contribution in [3.05, 3.63) is 109 Å². The zero-order chi connectivity index (χ0) is 21.2. The van der Waals surface area contributed by atoms with Crippen molar-refractivity contribution in [2.75, 3.05) is 0 Å². The Morgan fingerprint density at radius 2 is 1.13 bits per heavy atom. The topological polar surface area (TPSA) is 142 Å². The van der Waals surface area contributed by atoms with Crippen LogP contribution in [-0.2, 0) is 0 Å². The van der Waals surface area contributed by atoms with Crippen molar-refractivity contribution >= 4 is 12.2 Å². The van der Waals surface area contributed by atoms with Gasteiger partial charge in [-0.3, -0.25) is 10.6 Å². The number of hydrogen-bond acceptors (Lipinski definition) is 3. The summed E-state index contributed by atoms with van der Waals surface area (Å²) >= 11 is 0. The quantitative estimate of drug-likeness (QED) is 0.469. The van der Waals surface area contributed by atoms with E-state index < -0.39 is 12.2 Å². The molecule has 0 unspecified atom stereocenters. The van der Waals surface area contributed by atoms with E-state index in [0.717, 1.165) is 12.8 Å². The summed E-state index contributed by atoms with van der Waals surface area (Å²) in [5, 5.41) is 24.1. The first kappa shape index (κ1) is 26.0. The van der Waals surface area contributed by atoms with Gasteiger partial charge >= 0.3 is 12.2 Å². The standard InChI is InChI=1S/2C8H9NO2.C6H7N.H2O/c2*10-8(11)9-7-5-3-1-2-4-6-7;1-2-4-6-7-5-3-1;/h2*1,3-6,9H,2H2,(H,10,11);1-7H;1H2. The third kappa shape index (κ3) is 15.1. The van der Waals surface area contributed by atoms with E-state index in [-0.39, 0.29) is 5.48 Å². The molecule has 30 heavy (non-hydrogen) atoms. The zero-order valence-corrected chi connectivity index (χ0v) is 16.4. The molecule has 0 atom stereocenters. The molecule has 8 nitrogen and oxygen atoms in total. The molecule has 3 aliphatic rings. The van der Waals surface area contributed by atoms with E-state index in [1.165, 1.54) is 0 Å². The van der Waals surface area contributed by atoms with Gasteiger partial charge in [-0.15, -0.1) is 0 Å². The Hall–Kier alpha value is -4.04. The van der Waals surface area contributed by atoms with Gasteiger partial charge in [-0.25, -0.2) is 9.59 Å². The van der Waals surface area contributed by atoms with Gasteiger partial charge in [0.15, 0.2) is 0 Å². The van der Waals surface area contributed by atoms with Crippen LogP contribution in [0.5, 0.6) is 0 Å². The van der Waals surface area contributed by atoms with Crippen LogP contribution in [0, 0.1) is 0 Å². The lowest BCUT2D eigenvalue weighted by atomic mass is 10.3. The van der Waals surface area contributed by atoms with E-state index in [0.29, 0.717) is 11.4 Å². The smallest absolute Gasteiger partial charge is 0.409 e. The average molecular weight is 413 g/mol. The Balaban J connectivity index is 0.000000424. The highest BCUT2D eigenvalue weighted by atomic mass is 16.4. The Morgan fingerprint density at radius 1 is 0.700 bits per heavy atom. The normalized spacial score (nSPS) is 15.1. The van der Waals surface area contributed by atoms with E-state index >= 15 is 0 Å². The SMILES string of the molecule is C1=CC=CNC=C1.O.O=C(O)NC1=CC=CCC=C1.O=C(O)NC1=CC=CCC=C1. The molecule has 0 spiro atoms. The maximum Gasteiger partial charge on any atom is 0.409 e. The first-order valence-electron chi connectivity index (χ1n) is 8.89. The molecule has 0 fully saturated rings. The monoisotopic (exact) mass is 413 g/mol. The van der Waals surface area contributed by atoms with Gasteiger partial charge in [-0.2, -0.15) is 0 Å². The summed E-state index contributed by atoms with van der Waals surface area (Å²) in [6.07, 6.45) is 29.5. The van der Waals surface area contributed by atoms with Crippen LogP contribution >= 0.6 is 0 Å². The summed E-state index contributed by atoms with van der Waals surface area (Å²) in [6.45, 7) is 0. The van der Waals surface area contributed by atoms with Gasteiger partial charge in [-0.1, -0.05) is 48.6 Å². The predicted octanol–water partition coefficient (Wildman–Crippen LogP) is 3.66. The van der Waals surface area contributed by atoms with Crippen LogP contribution in [0.25, 0.3) is 0 Å². The molecule has 0 aromatic rings. The molecule has 160 valence electrons. The highest BCUT2D eigenvalue weighted by Gasteiger charge is 1.97. The molecular weight excluding hydrogens is 386 g/mol. The first-order valence-corrected chi connectivity index (χ1v) is 8.89. The second kappa shape index (κ2) is 17.1. The maximum atomic E-state index is 10.2. The van der Waals surface area contributed by atoms with Crippen LogP contribution in [0.3, 0.4) is 0 Å². The van der Waals surface area contributed by atoms with Crippen LogP contribution in [-0.4, -0.2) is 27.9 Å². The molecule has 0 aromatic carbocycles. The van der Waals surface area contributed by atoms with Crippen molar-refractivity contribution in [3.63, 3.8) is 0 Å². The highest BCUT2D eigenvalue weighted by molar-refractivity contribution is 5.68. The molecule has 2 amide bonds. The Labute approximate surface area is 175 Å². The summed E-state index contributed by atoms with van der Waals surface area (Å²) in [6, 6.07) is 0. The van der Waals surface area contributed by atoms with Crippen molar-refractivity contribution in [1.29, 1.82) is 0 Å². The Morgan fingerprint density at radius 3 is 1.53 bits per heavy atom. The minimum absolute atomic E-state index is 0. The summed E-state index contributed by atoms with van der Waals surface area (Å²) in [4.78, 5) is 20.3. The van der Waals surface area contributed by atoms with Crippen LogP contribution in [0.4, 0.5) is 9.59 Å². The first-order chi connectivity index (χ1) is 14.1. The summed E-state index contributed by atoms with van der Waals surface area (Å²) in [5.41, 5.74) is 1.21. The molecule has 3 rings (SSSR count). The summed E-state index contributed by atoms with van der Waals surface area (Å²) < 4.78 is 0. The third-order valence-corrected chi connectivity index (χ3v) is 3.18. The number of allylic oxidation sites excluding steroid dienone is 14. The number of amides is 2. The largest absolute Gasteiger partial charge is 0.465 e. The van der Waals surface area contributed by atoms with E-state index in [9.17, 15) is 9.59 Å². The van der Waals surface area contributed by atoms with Crippen molar-refractivity contribution in [3.8, 4) is 0 Å². The molecule has 8 heteroatoms. The van der Waals surface area contributed by atoms with Gasteiger partial charge < -0.3 is 21.0 Å². The average Bonchev–Trinajstić information content (AvgIpc) is 3.20. The van der Waals surface area contributed by atoms with Crippen molar-refractivity contribution in [1.82, 2.24) is 16.0 Å². The van der Waals surface area contributed by atoms with Gasteiger partial charge in [0, 0.05) is 23.8 Å². The highest BCUT2D eigenvalue weighted by Crippen LogP contribution is 2.01. The molecule has 2 aliphatic carbocycles. The van der Waals surface area contributed by atoms with E-state index in [4.69, 9.17) is 10.2 Å². The van der Waals surface area contributed by atoms with Crippen molar-refractivity contribution in [2.24, 2.45) is 0 Å². The van der Waals surface area contributed by atoms with Gasteiger partial charge in [0.05, 0.1) is 0 Å². The molecule has 1 aliphatic heterocycles. The molecular formula is C22H27N3O5. The van der Waals surface area contributed by atoms with E-state index in [1.54, 1.807) is 24.3 Å². The van der Waals surface area contributed by atoms with Crippen LogP contribution < -0.4 is 16.0 Å². The lowest BCUT2D eigenvalue weighted by Crippen LogP contribution is -2.18. The molecule has 0 aromatic heterocycles. The van der Waals surface area contributed by atoms with Gasteiger partial charge in [0.2, 0.25) is 0 Å². The number of carboxylic acid groups (broad SMARTS) is 2. The Kier molecular flexibility index (Phi) is 14.8. The van der Waals surface area contributed by atoms with E-state index in [1.807, 2.05) is 73.2 Å². The fraction of sp³-hybridized carbons (Fsp3) is 0.0909. The minimum atomic E-state index is -1.03. The molecule has 0 bridgehead atoms. The maximum absolute atomic E-state index is 10.2.